The first kappa shape index (κ1) is 22.4. The van der Waals surface area contributed by atoms with E-state index < -0.39 is 0 Å². The van der Waals surface area contributed by atoms with Gasteiger partial charge in [0.05, 0.1) is 5.69 Å². The lowest BCUT2D eigenvalue weighted by Gasteiger charge is -2.30. The highest BCUT2D eigenvalue weighted by Crippen LogP contribution is 2.32. The average Bonchev–Trinajstić information content (AvgIpc) is 2.77. The zero-order valence-corrected chi connectivity index (χ0v) is 19.0. The van der Waals surface area contributed by atoms with Crippen molar-refractivity contribution in [1.82, 2.24) is 10.2 Å². The number of carbonyl (C=O) groups is 2. The van der Waals surface area contributed by atoms with Gasteiger partial charge >= 0.3 is 0 Å². The molecule has 168 valence electrons. The summed E-state index contributed by atoms with van der Waals surface area (Å²) in [6.07, 6.45) is 5.12. The molecule has 2 aliphatic rings. The van der Waals surface area contributed by atoms with Gasteiger partial charge in [-0.2, -0.15) is 0 Å². The van der Waals surface area contributed by atoms with Crippen molar-refractivity contribution in [3.05, 3.63) is 64.4 Å². The number of fused-ring (bicyclic) bond motifs is 1. The van der Waals surface area contributed by atoms with Crippen molar-refractivity contribution < 1.29 is 14.3 Å². The molecule has 0 radical (unpaired) electrons. The summed E-state index contributed by atoms with van der Waals surface area (Å²) in [5.74, 6) is 0.893. The zero-order chi connectivity index (χ0) is 22.5. The molecule has 4 rings (SSSR count). The molecule has 6 nitrogen and oxygen atoms in total. The van der Waals surface area contributed by atoms with E-state index in [4.69, 9.17) is 16.3 Å². The van der Waals surface area contributed by atoms with E-state index in [1.165, 1.54) is 12.8 Å². The Morgan fingerprint density at radius 2 is 2.19 bits per heavy atom. The van der Waals surface area contributed by atoms with Gasteiger partial charge < -0.3 is 20.3 Å². The minimum Gasteiger partial charge on any atom is -0.449 e. The van der Waals surface area contributed by atoms with Crippen LogP contribution in [0.3, 0.4) is 0 Å². The Morgan fingerprint density at radius 3 is 3.00 bits per heavy atom. The van der Waals surface area contributed by atoms with Crippen LogP contribution in [0.5, 0.6) is 5.75 Å². The molecule has 2 aromatic rings. The molecule has 32 heavy (non-hydrogen) atoms. The van der Waals surface area contributed by atoms with E-state index in [2.05, 4.69) is 22.5 Å². The lowest BCUT2D eigenvalue weighted by molar-refractivity contribution is -0.115. The van der Waals surface area contributed by atoms with Gasteiger partial charge in [-0.15, -0.1) is 0 Å². The van der Waals surface area contributed by atoms with Crippen LogP contribution in [0.15, 0.2) is 48.2 Å². The first-order valence-corrected chi connectivity index (χ1v) is 11.5. The number of rotatable bonds is 6. The van der Waals surface area contributed by atoms with Crippen molar-refractivity contribution in [1.29, 1.82) is 0 Å². The zero-order valence-electron chi connectivity index (χ0n) is 18.2. The second kappa shape index (κ2) is 10.2. The number of amides is 2. The topological polar surface area (TPSA) is 70.7 Å². The summed E-state index contributed by atoms with van der Waals surface area (Å²) in [6.45, 7) is 6.21. The van der Waals surface area contributed by atoms with Crippen LogP contribution in [0.25, 0.3) is 6.08 Å². The van der Waals surface area contributed by atoms with Crippen LogP contribution in [0.4, 0.5) is 5.69 Å². The highest BCUT2D eigenvalue weighted by Gasteiger charge is 2.23. The molecule has 0 aromatic heterocycles. The van der Waals surface area contributed by atoms with Crippen molar-refractivity contribution >= 4 is 35.2 Å². The number of nitrogens with one attached hydrogen (secondary N) is 2. The van der Waals surface area contributed by atoms with E-state index in [1.54, 1.807) is 42.5 Å². The third kappa shape index (κ3) is 5.69. The van der Waals surface area contributed by atoms with Crippen LogP contribution in [0, 0.1) is 5.92 Å². The highest BCUT2D eigenvalue weighted by molar-refractivity contribution is 6.30. The normalized spacial score (nSPS) is 19.8. The largest absolute Gasteiger partial charge is 0.449 e. The molecule has 2 aliphatic heterocycles. The fourth-order valence-electron chi connectivity index (χ4n) is 4.15. The Morgan fingerprint density at radius 1 is 1.31 bits per heavy atom. The number of hydrogen-bond acceptors (Lipinski definition) is 4. The Labute approximate surface area is 193 Å². The number of halogens is 1. The van der Waals surface area contributed by atoms with Crippen LogP contribution >= 0.6 is 11.6 Å². The first-order valence-electron chi connectivity index (χ1n) is 11.1. The van der Waals surface area contributed by atoms with Gasteiger partial charge in [-0.05, 0) is 80.2 Å². The molecular weight excluding hydrogens is 426 g/mol. The van der Waals surface area contributed by atoms with Crippen LogP contribution in [-0.4, -0.2) is 42.9 Å². The predicted octanol–water partition coefficient (Wildman–Crippen LogP) is 4.56. The Balaban J connectivity index is 1.33. The van der Waals surface area contributed by atoms with E-state index in [0.717, 1.165) is 37.5 Å². The van der Waals surface area contributed by atoms with Gasteiger partial charge in [-0.25, -0.2) is 0 Å². The second-order valence-electron chi connectivity index (χ2n) is 8.49. The lowest BCUT2D eigenvalue weighted by Crippen LogP contribution is -2.36. The fraction of sp³-hybridized carbons (Fsp3) is 0.360. The Hall–Kier alpha value is -2.83. The monoisotopic (exact) mass is 453 g/mol. The molecular formula is C25H28ClN3O3. The number of hydrogen-bond donors (Lipinski definition) is 2. The van der Waals surface area contributed by atoms with Gasteiger partial charge in [-0.3, -0.25) is 9.59 Å². The molecule has 2 N–H and O–H groups in total. The van der Waals surface area contributed by atoms with Crippen molar-refractivity contribution in [2.24, 2.45) is 5.92 Å². The summed E-state index contributed by atoms with van der Waals surface area (Å²) in [7, 11) is 0. The molecule has 1 saturated heterocycles. The molecule has 2 aromatic carbocycles. The van der Waals surface area contributed by atoms with Gasteiger partial charge in [-0.1, -0.05) is 30.7 Å². The van der Waals surface area contributed by atoms with Gasteiger partial charge in [0.15, 0.2) is 11.5 Å². The number of benzene rings is 2. The summed E-state index contributed by atoms with van der Waals surface area (Å²) in [4.78, 5) is 27.5. The molecule has 1 atom stereocenters. The van der Waals surface area contributed by atoms with Crippen molar-refractivity contribution in [3.63, 3.8) is 0 Å². The molecule has 2 amide bonds. The molecule has 0 unspecified atom stereocenters. The van der Waals surface area contributed by atoms with Gasteiger partial charge in [0.2, 0.25) is 0 Å². The van der Waals surface area contributed by atoms with E-state index in [-0.39, 0.29) is 17.6 Å². The van der Waals surface area contributed by atoms with Crippen molar-refractivity contribution in [2.75, 3.05) is 31.5 Å². The minimum atomic E-state index is -0.370. The fourth-order valence-corrected chi connectivity index (χ4v) is 4.34. The van der Waals surface area contributed by atoms with Crippen molar-refractivity contribution in [3.8, 4) is 5.75 Å². The Bertz CT molecular complexity index is 1040. The lowest BCUT2D eigenvalue weighted by atomic mass is 10.0. The maximum Gasteiger partial charge on any atom is 0.291 e. The van der Waals surface area contributed by atoms with Crippen LogP contribution in [0.2, 0.25) is 5.02 Å². The highest BCUT2D eigenvalue weighted by atomic mass is 35.5. The van der Waals surface area contributed by atoms with Gasteiger partial charge in [0.1, 0.15) is 0 Å². The summed E-state index contributed by atoms with van der Waals surface area (Å²) in [5.41, 5.74) is 1.73. The van der Waals surface area contributed by atoms with Crippen LogP contribution in [0.1, 0.15) is 42.1 Å². The van der Waals surface area contributed by atoms with E-state index in [9.17, 15) is 9.59 Å². The number of likely N-dealkylation sites (tertiary alicyclic amines) is 1. The summed E-state index contributed by atoms with van der Waals surface area (Å²) < 4.78 is 5.77. The average molecular weight is 454 g/mol. The standard InChI is InChI=1S/C25H28ClN3O3/c1-17-5-3-11-29(16-17)12-4-10-27-24(30)19-8-9-22-21(15-19)28-25(31)23(32-22)14-18-6-2-7-20(26)13-18/h2,6-9,13-15,17H,3-5,10-12,16H2,1H3,(H,27,30)(H,28,31)/b23-14-/t17-/m1/s1. The number of piperidine rings is 1. The summed E-state index contributed by atoms with van der Waals surface area (Å²) in [6, 6.07) is 12.2. The second-order valence-corrected chi connectivity index (χ2v) is 8.92. The molecule has 0 spiro atoms. The minimum absolute atomic E-state index is 0.158. The maximum absolute atomic E-state index is 12.6. The third-order valence-electron chi connectivity index (χ3n) is 5.76. The molecule has 1 fully saturated rings. The summed E-state index contributed by atoms with van der Waals surface area (Å²) in [5, 5.41) is 6.35. The summed E-state index contributed by atoms with van der Waals surface area (Å²) >= 11 is 6.01. The Kier molecular flexibility index (Phi) is 7.12. The van der Waals surface area contributed by atoms with Crippen LogP contribution < -0.4 is 15.4 Å². The van der Waals surface area contributed by atoms with E-state index >= 15 is 0 Å². The molecule has 0 saturated carbocycles. The quantitative estimate of drug-likeness (QED) is 0.496. The molecule has 0 bridgehead atoms. The van der Waals surface area contributed by atoms with Crippen molar-refractivity contribution in [2.45, 2.75) is 26.2 Å². The number of ether oxygens (including phenoxy) is 1. The molecule has 0 aliphatic carbocycles. The third-order valence-corrected chi connectivity index (χ3v) is 5.99. The van der Waals surface area contributed by atoms with Gasteiger partial charge in [0, 0.05) is 23.7 Å². The number of nitrogens with zero attached hydrogens (tertiary/aromatic N) is 1. The molecule has 2 heterocycles. The smallest absolute Gasteiger partial charge is 0.291 e. The number of anilines is 1. The van der Waals surface area contributed by atoms with Gasteiger partial charge in [0.25, 0.3) is 11.8 Å². The first-order chi connectivity index (χ1) is 15.5. The molecule has 7 heteroatoms. The van der Waals surface area contributed by atoms with E-state index in [0.29, 0.717) is 28.6 Å². The van der Waals surface area contributed by atoms with E-state index in [1.807, 2.05) is 6.07 Å². The number of carbonyl (C=O) groups excluding carboxylic acids is 2. The SMILES string of the molecule is C[C@@H]1CCCN(CCCNC(=O)c2ccc3c(c2)NC(=O)/C(=C/c2cccc(Cl)c2)O3)C1. The predicted molar refractivity (Wildman–Crippen MR) is 127 cm³/mol. The van der Waals surface area contributed by atoms with Crippen LogP contribution in [-0.2, 0) is 4.79 Å². The maximum atomic E-state index is 12.6.